The molecule has 1 aliphatic carbocycles. The molecule has 0 saturated heterocycles. The molecule has 0 radical (unpaired) electrons. The summed E-state index contributed by atoms with van der Waals surface area (Å²) in [6.07, 6.45) is 1.63. The van der Waals surface area contributed by atoms with Crippen LogP contribution in [-0.4, -0.2) is 25.2 Å². The van der Waals surface area contributed by atoms with Gasteiger partial charge in [0.15, 0.2) is 0 Å². The second kappa shape index (κ2) is 7.25. The van der Waals surface area contributed by atoms with Crippen molar-refractivity contribution in [1.29, 1.82) is 0 Å². The molecular weight excluding hydrogens is 280 g/mol. The molecule has 0 amide bonds. The lowest BCUT2D eigenvalue weighted by atomic mass is 9.95. The van der Waals surface area contributed by atoms with Crippen LogP contribution < -0.4 is 0 Å². The molecule has 0 N–H and O–H groups in total. The van der Waals surface area contributed by atoms with Gasteiger partial charge in [0.25, 0.3) is 0 Å². The largest absolute Gasteiger partial charge is 0.465 e. The normalized spacial score (nSPS) is 16.4. The number of hydrogen-bond donors (Lipinski definition) is 0. The zero-order chi connectivity index (χ0) is 16.1. The Bertz CT molecular complexity index is 601. The van der Waals surface area contributed by atoms with Crippen LogP contribution in [0.2, 0.25) is 0 Å². The summed E-state index contributed by atoms with van der Waals surface area (Å²) >= 11 is 0. The van der Waals surface area contributed by atoms with Crippen LogP contribution in [0.15, 0.2) is 29.8 Å². The van der Waals surface area contributed by atoms with E-state index in [4.69, 9.17) is 9.47 Å². The van der Waals surface area contributed by atoms with Crippen molar-refractivity contribution in [3.05, 3.63) is 41.0 Å². The Morgan fingerprint density at radius 3 is 2.36 bits per heavy atom. The number of fused-ring (bicyclic) bond motifs is 1. The third-order valence-corrected chi connectivity index (χ3v) is 3.73. The monoisotopic (exact) mass is 302 g/mol. The van der Waals surface area contributed by atoms with Crippen LogP contribution in [0.25, 0.3) is 5.57 Å². The minimum atomic E-state index is -0.670. The highest BCUT2D eigenvalue weighted by molar-refractivity contribution is 6.09. The van der Waals surface area contributed by atoms with Crippen molar-refractivity contribution >= 4 is 17.5 Å². The minimum absolute atomic E-state index is 0.285. The third-order valence-electron chi connectivity index (χ3n) is 3.73. The first-order valence-corrected chi connectivity index (χ1v) is 7.81. The summed E-state index contributed by atoms with van der Waals surface area (Å²) in [6, 6.07) is 7.64. The van der Waals surface area contributed by atoms with Gasteiger partial charge in [-0.05, 0) is 37.0 Å². The number of esters is 2. The molecule has 1 aromatic rings. The van der Waals surface area contributed by atoms with E-state index in [1.54, 1.807) is 13.8 Å². The fourth-order valence-electron chi connectivity index (χ4n) is 2.94. The molecule has 22 heavy (non-hydrogen) atoms. The summed E-state index contributed by atoms with van der Waals surface area (Å²) < 4.78 is 10.4. The van der Waals surface area contributed by atoms with Crippen LogP contribution in [0.1, 0.15) is 50.7 Å². The smallest absolute Gasteiger partial charge is 0.335 e. The van der Waals surface area contributed by atoms with E-state index < -0.39 is 11.9 Å². The lowest BCUT2D eigenvalue weighted by Crippen LogP contribution is -2.22. The van der Waals surface area contributed by atoms with Crippen molar-refractivity contribution in [1.82, 2.24) is 0 Å². The molecule has 1 atom stereocenters. The predicted molar refractivity (Wildman–Crippen MR) is 84.3 cm³/mol. The van der Waals surface area contributed by atoms with Crippen LogP contribution in [0, 0.1) is 0 Å². The van der Waals surface area contributed by atoms with Gasteiger partial charge in [0.1, 0.15) is 5.92 Å². The third kappa shape index (κ3) is 2.91. The van der Waals surface area contributed by atoms with E-state index in [9.17, 15) is 9.59 Å². The van der Waals surface area contributed by atoms with Gasteiger partial charge in [-0.25, -0.2) is 4.79 Å². The predicted octanol–water partition coefficient (Wildman–Crippen LogP) is 3.46. The van der Waals surface area contributed by atoms with E-state index in [0.29, 0.717) is 5.57 Å². The van der Waals surface area contributed by atoms with E-state index >= 15 is 0 Å². The van der Waals surface area contributed by atoms with Crippen molar-refractivity contribution in [3.63, 3.8) is 0 Å². The van der Waals surface area contributed by atoms with Crippen molar-refractivity contribution in [3.8, 4) is 0 Å². The molecule has 4 nitrogen and oxygen atoms in total. The first-order chi connectivity index (χ1) is 10.7. The average molecular weight is 302 g/mol. The molecule has 0 aliphatic heterocycles. The fourth-order valence-corrected chi connectivity index (χ4v) is 2.94. The second-order valence-corrected chi connectivity index (χ2v) is 5.14. The molecule has 2 rings (SSSR count). The zero-order valence-electron chi connectivity index (χ0n) is 13.3. The molecule has 0 bridgehead atoms. The number of rotatable bonds is 6. The zero-order valence-corrected chi connectivity index (χ0v) is 13.3. The van der Waals surface area contributed by atoms with Gasteiger partial charge in [0.05, 0.1) is 18.8 Å². The Morgan fingerprint density at radius 1 is 1.05 bits per heavy atom. The minimum Gasteiger partial charge on any atom is -0.465 e. The summed E-state index contributed by atoms with van der Waals surface area (Å²) in [4.78, 5) is 24.8. The Morgan fingerprint density at radius 2 is 1.73 bits per heavy atom. The summed E-state index contributed by atoms with van der Waals surface area (Å²) in [5.74, 6) is -1.47. The molecule has 118 valence electrons. The standard InChI is InChI=1S/C18H22O4/c1-4-9-13-12-10-7-8-11-14(12)16(18(20)22-6-3)15(13)17(19)21-5-2/h7-8,10-11,16H,4-6,9H2,1-3H3. The summed E-state index contributed by atoms with van der Waals surface area (Å²) in [7, 11) is 0. The maximum Gasteiger partial charge on any atom is 0.335 e. The molecule has 0 aromatic heterocycles. The first kappa shape index (κ1) is 16.3. The average Bonchev–Trinajstić information content (AvgIpc) is 2.83. The van der Waals surface area contributed by atoms with Crippen LogP contribution >= 0.6 is 0 Å². The van der Waals surface area contributed by atoms with Gasteiger partial charge in [-0.15, -0.1) is 0 Å². The topological polar surface area (TPSA) is 52.6 Å². The molecule has 0 heterocycles. The van der Waals surface area contributed by atoms with Gasteiger partial charge >= 0.3 is 11.9 Å². The molecule has 1 aromatic carbocycles. The molecule has 1 unspecified atom stereocenters. The number of carbonyl (C=O) groups is 2. The van der Waals surface area contributed by atoms with Crippen molar-refractivity contribution in [2.75, 3.05) is 13.2 Å². The van der Waals surface area contributed by atoms with Crippen LogP contribution in [0.5, 0.6) is 0 Å². The highest BCUT2D eigenvalue weighted by Crippen LogP contribution is 2.44. The molecule has 0 saturated carbocycles. The quantitative estimate of drug-likeness (QED) is 0.755. The molecular formula is C18H22O4. The van der Waals surface area contributed by atoms with Crippen molar-refractivity contribution in [2.24, 2.45) is 0 Å². The molecule has 0 spiro atoms. The Kier molecular flexibility index (Phi) is 5.36. The van der Waals surface area contributed by atoms with Crippen molar-refractivity contribution < 1.29 is 19.1 Å². The molecule has 4 heteroatoms. The van der Waals surface area contributed by atoms with Gasteiger partial charge in [0.2, 0.25) is 0 Å². The summed E-state index contributed by atoms with van der Waals surface area (Å²) in [5, 5.41) is 0. The number of carbonyl (C=O) groups excluding carboxylic acids is 2. The first-order valence-electron chi connectivity index (χ1n) is 7.81. The van der Waals surface area contributed by atoms with Gasteiger partial charge < -0.3 is 9.47 Å². The Labute approximate surface area is 131 Å². The Balaban J connectivity index is 2.56. The van der Waals surface area contributed by atoms with Crippen LogP contribution in [0.4, 0.5) is 0 Å². The van der Waals surface area contributed by atoms with Gasteiger partial charge in [-0.3, -0.25) is 4.79 Å². The van der Waals surface area contributed by atoms with Gasteiger partial charge in [-0.1, -0.05) is 37.6 Å². The maximum absolute atomic E-state index is 12.4. The summed E-state index contributed by atoms with van der Waals surface area (Å²) in [5.41, 5.74) is 3.16. The van der Waals surface area contributed by atoms with Gasteiger partial charge in [0, 0.05) is 0 Å². The van der Waals surface area contributed by atoms with E-state index in [-0.39, 0.29) is 19.2 Å². The van der Waals surface area contributed by atoms with E-state index in [1.165, 1.54) is 0 Å². The maximum atomic E-state index is 12.4. The highest BCUT2D eigenvalue weighted by atomic mass is 16.5. The van der Waals surface area contributed by atoms with Crippen LogP contribution in [0.3, 0.4) is 0 Å². The van der Waals surface area contributed by atoms with E-state index in [2.05, 4.69) is 6.92 Å². The lowest BCUT2D eigenvalue weighted by Gasteiger charge is -2.14. The SMILES string of the molecule is CCCC1=C(C(=O)OCC)C(C(=O)OCC)c2ccccc21. The van der Waals surface area contributed by atoms with Crippen LogP contribution in [-0.2, 0) is 19.1 Å². The fraction of sp³-hybridized carbons (Fsp3) is 0.444. The Hall–Kier alpha value is -2.10. The van der Waals surface area contributed by atoms with Crippen molar-refractivity contribution in [2.45, 2.75) is 39.5 Å². The lowest BCUT2D eigenvalue weighted by molar-refractivity contribution is -0.147. The molecule has 1 aliphatic rings. The van der Waals surface area contributed by atoms with E-state index in [0.717, 1.165) is 29.5 Å². The second-order valence-electron chi connectivity index (χ2n) is 5.14. The number of hydrogen-bond acceptors (Lipinski definition) is 4. The highest BCUT2D eigenvalue weighted by Gasteiger charge is 2.40. The van der Waals surface area contributed by atoms with E-state index in [1.807, 2.05) is 24.3 Å². The number of allylic oxidation sites excluding steroid dienone is 1. The summed E-state index contributed by atoms with van der Waals surface area (Å²) in [6.45, 7) is 6.15. The number of benzene rings is 1. The van der Waals surface area contributed by atoms with Gasteiger partial charge in [-0.2, -0.15) is 0 Å². The number of ether oxygens (including phenoxy) is 2. The molecule has 0 fully saturated rings.